The van der Waals surface area contributed by atoms with Crippen LogP contribution in [0, 0.1) is 0 Å². The third-order valence-electron chi connectivity index (χ3n) is 2.28. The predicted molar refractivity (Wildman–Crippen MR) is 68.8 cm³/mol. The van der Waals surface area contributed by atoms with Crippen LogP contribution >= 0.6 is 11.6 Å². The fraction of sp³-hybridized carbons (Fsp3) is 0.0833. The van der Waals surface area contributed by atoms with E-state index in [9.17, 15) is 18.0 Å². The Balaban J connectivity index is 2.26. The van der Waals surface area contributed by atoms with Crippen molar-refractivity contribution in [1.29, 1.82) is 0 Å². The molecule has 0 unspecified atom stereocenters. The van der Waals surface area contributed by atoms with E-state index in [1.54, 1.807) is 0 Å². The van der Waals surface area contributed by atoms with Crippen LogP contribution in [0.5, 0.6) is 5.75 Å². The second kappa shape index (κ2) is 5.96. The van der Waals surface area contributed by atoms with Gasteiger partial charge in [0.05, 0.1) is 5.56 Å². The van der Waals surface area contributed by atoms with E-state index >= 15 is 0 Å². The van der Waals surface area contributed by atoms with Crippen molar-refractivity contribution in [1.82, 2.24) is 9.97 Å². The molecule has 1 N–H and O–H groups in total. The largest absolute Gasteiger partial charge is 0.573 e. The fourth-order valence-electron chi connectivity index (χ4n) is 1.49. The first kappa shape index (κ1) is 15.0. The molecule has 21 heavy (non-hydrogen) atoms. The molecule has 0 fully saturated rings. The molecule has 0 saturated carbocycles. The zero-order valence-electron chi connectivity index (χ0n) is 10.2. The molecular formula is C12H7ClF3N3O2. The van der Waals surface area contributed by atoms with Crippen LogP contribution in [0.25, 0.3) is 0 Å². The Morgan fingerprint density at radius 1 is 1.29 bits per heavy atom. The summed E-state index contributed by atoms with van der Waals surface area (Å²) in [5.74, 6) is -0.325. The van der Waals surface area contributed by atoms with Gasteiger partial charge in [0.15, 0.2) is 6.29 Å². The van der Waals surface area contributed by atoms with Crippen LogP contribution in [0.2, 0.25) is 5.15 Å². The predicted octanol–water partition coefficient (Wildman–Crippen LogP) is 3.58. The lowest BCUT2D eigenvalue weighted by Gasteiger charge is -2.11. The van der Waals surface area contributed by atoms with Crippen LogP contribution in [0.4, 0.5) is 24.7 Å². The van der Waals surface area contributed by atoms with Gasteiger partial charge in [-0.25, -0.2) is 9.97 Å². The third kappa shape index (κ3) is 4.06. The highest BCUT2D eigenvalue weighted by Crippen LogP contribution is 2.27. The molecule has 0 atom stereocenters. The van der Waals surface area contributed by atoms with Gasteiger partial charge in [-0.15, -0.1) is 13.2 Å². The molecule has 5 nitrogen and oxygen atoms in total. The molecule has 9 heteroatoms. The van der Waals surface area contributed by atoms with Crippen molar-refractivity contribution in [3.63, 3.8) is 0 Å². The summed E-state index contributed by atoms with van der Waals surface area (Å²) in [6, 6.07) is 5.09. The van der Waals surface area contributed by atoms with Crippen LogP contribution in [-0.2, 0) is 0 Å². The third-order valence-corrected chi connectivity index (χ3v) is 2.58. The fourth-order valence-corrected chi connectivity index (χ4v) is 1.66. The number of hydrogen-bond acceptors (Lipinski definition) is 5. The average molecular weight is 318 g/mol. The molecule has 2 aromatic rings. The quantitative estimate of drug-likeness (QED) is 0.689. The molecule has 0 amide bonds. The highest BCUT2D eigenvalue weighted by molar-refractivity contribution is 6.32. The monoisotopic (exact) mass is 317 g/mol. The first-order valence-corrected chi connectivity index (χ1v) is 5.85. The van der Waals surface area contributed by atoms with Gasteiger partial charge in [-0.1, -0.05) is 17.7 Å². The molecule has 0 aliphatic carbocycles. The normalized spacial score (nSPS) is 11.0. The summed E-state index contributed by atoms with van der Waals surface area (Å²) in [6.07, 6.45) is -3.22. The summed E-state index contributed by atoms with van der Waals surface area (Å²) in [7, 11) is 0. The average Bonchev–Trinajstić information content (AvgIpc) is 2.37. The van der Waals surface area contributed by atoms with Crippen molar-refractivity contribution < 1.29 is 22.7 Å². The van der Waals surface area contributed by atoms with E-state index in [2.05, 4.69) is 20.0 Å². The first-order valence-electron chi connectivity index (χ1n) is 5.47. The minimum Gasteiger partial charge on any atom is -0.406 e. The highest BCUT2D eigenvalue weighted by Gasteiger charge is 2.31. The van der Waals surface area contributed by atoms with E-state index in [4.69, 9.17) is 11.6 Å². The molecule has 0 aliphatic heterocycles. The SMILES string of the molecule is O=Cc1c(Cl)ncnc1Nc1cccc(OC(F)(F)F)c1. The minimum atomic E-state index is -4.79. The molecule has 0 radical (unpaired) electrons. The lowest BCUT2D eigenvalue weighted by atomic mass is 10.2. The molecule has 0 saturated heterocycles. The second-order valence-electron chi connectivity index (χ2n) is 3.75. The Bertz CT molecular complexity index is 664. The van der Waals surface area contributed by atoms with Gasteiger partial charge in [-0.2, -0.15) is 0 Å². The van der Waals surface area contributed by atoms with Gasteiger partial charge in [0, 0.05) is 11.8 Å². The standard InChI is InChI=1S/C12H7ClF3N3O2/c13-10-9(5-20)11(18-6-17-10)19-7-2-1-3-8(4-7)21-12(14,15)16/h1-6H,(H,17,18,19). The van der Waals surface area contributed by atoms with Crippen LogP contribution in [0.15, 0.2) is 30.6 Å². The van der Waals surface area contributed by atoms with Gasteiger partial charge in [0.2, 0.25) is 0 Å². The van der Waals surface area contributed by atoms with Crippen molar-refractivity contribution in [3.05, 3.63) is 41.3 Å². The number of nitrogens with zero attached hydrogens (tertiary/aromatic N) is 2. The van der Waals surface area contributed by atoms with Crippen molar-refractivity contribution in [3.8, 4) is 5.75 Å². The van der Waals surface area contributed by atoms with Crippen LogP contribution in [0.1, 0.15) is 10.4 Å². The number of benzene rings is 1. The Labute approximate surface area is 121 Å². The van der Waals surface area contributed by atoms with E-state index in [1.807, 2.05) is 0 Å². The highest BCUT2D eigenvalue weighted by atomic mass is 35.5. The maximum Gasteiger partial charge on any atom is 0.573 e. The molecule has 0 spiro atoms. The van der Waals surface area contributed by atoms with E-state index in [0.717, 1.165) is 18.5 Å². The number of anilines is 2. The smallest absolute Gasteiger partial charge is 0.406 e. The number of alkyl halides is 3. The summed E-state index contributed by atoms with van der Waals surface area (Å²) in [5, 5.41) is 2.61. The van der Waals surface area contributed by atoms with Crippen molar-refractivity contribution in [2.75, 3.05) is 5.32 Å². The number of rotatable bonds is 4. The van der Waals surface area contributed by atoms with Gasteiger partial charge in [-0.3, -0.25) is 4.79 Å². The van der Waals surface area contributed by atoms with Crippen LogP contribution in [-0.4, -0.2) is 22.6 Å². The number of halogens is 4. The number of aldehydes is 1. The summed E-state index contributed by atoms with van der Waals surface area (Å²) < 4.78 is 40.2. The molecule has 0 aliphatic rings. The van der Waals surface area contributed by atoms with E-state index in [-0.39, 0.29) is 22.2 Å². The summed E-state index contributed by atoms with van der Waals surface area (Å²) >= 11 is 5.72. The molecule has 1 aromatic carbocycles. The Hall–Kier alpha value is -2.35. The first-order chi connectivity index (χ1) is 9.89. The molecular weight excluding hydrogens is 311 g/mol. The zero-order chi connectivity index (χ0) is 15.5. The Morgan fingerprint density at radius 2 is 2.05 bits per heavy atom. The molecule has 1 heterocycles. The summed E-state index contributed by atoms with van der Waals surface area (Å²) in [6.45, 7) is 0. The zero-order valence-corrected chi connectivity index (χ0v) is 10.9. The van der Waals surface area contributed by atoms with Gasteiger partial charge >= 0.3 is 6.36 Å². The molecule has 2 rings (SSSR count). The van der Waals surface area contributed by atoms with Crippen molar-refractivity contribution in [2.24, 2.45) is 0 Å². The van der Waals surface area contributed by atoms with Gasteiger partial charge < -0.3 is 10.1 Å². The number of nitrogens with one attached hydrogen (secondary N) is 1. The number of hydrogen-bond donors (Lipinski definition) is 1. The molecule has 1 aromatic heterocycles. The number of aromatic nitrogens is 2. The van der Waals surface area contributed by atoms with Gasteiger partial charge in [-0.05, 0) is 12.1 Å². The van der Waals surface area contributed by atoms with E-state index in [0.29, 0.717) is 6.29 Å². The lowest BCUT2D eigenvalue weighted by molar-refractivity contribution is -0.274. The summed E-state index contributed by atoms with van der Waals surface area (Å²) in [5.41, 5.74) is 0.246. The van der Waals surface area contributed by atoms with Crippen molar-refractivity contribution in [2.45, 2.75) is 6.36 Å². The van der Waals surface area contributed by atoms with Gasteiger partial charge in [0.25, 0.3) is 0 Å². The Morgan fingerprint density at radius 3 is 2.71 bits per heavy atom. The van der Waals surface area contributed by atoms with E-state index < -0.39 is 12.1 Å². The van der Waals surface area contributed by atoms with Crippen LogP contribution < -0.4 is 10.1 Å². The maximum atomic E-state index is 12.1. The lowest BCUT2D eigenvalue weighted by Crippen LogP contribution is -2.17. The number of carbonyl (C=O) groups excluding carboxylic acids is 1. The maximum absolute atomic E-state index is 12.1. The minimum absolute atomic E-state index is 0.00121. The van der Waals surface area contributed by atoms with Crippen molar-refractivity contribution >= 4 is 29.4 Å². The number of ether oxygens (including phenoxy) is 1. The molecule has 0 bridgehead atoms. The van der Waals surface area contributed by atoms with Crippen LogP contribution in [0.3, 0.4) is 0 Å². The number of carbonyl (C=O) groups is 1. The topological polar surface area (TPSA) is 64.1 Å². The second-order valence-corrected chi connectivity index (χ2v) is 4.10. The summed E-state index contributed by atoms with van der Waals surface area (Å²) in [4.78, 5) is 18.4. The van der Waals surface area contributed by atoms with E-state index in [1.165, 1.54) is 12.1 Å². The van der Waals surface area contributed by atoms with Gasteiger partial charge in [0.1, 0.15) is 23.0 Å². The Kier molecular flexibility index (Phi) is 4.27. The molecule has 110 valence electrons.